The van der Waals surface area contributed by atoms with Crippen LogP contribution in [0.2, 0.25) is 0 Å². The molecule has 69 heavy (non-hydrogen) atoms. The van der Waals surface area contributed by atoms with Crippen molar-refractivity contribution in [2.75, 3.05) is 52.4 Å². The van der Waals surface area contributed by atoms with Crippen LogP contribution in [0, 0.1) is 0 Å². The molecule has 0 radical (unpaired) electrons. The maximum Gasteiger partial charge on any atom is 4.00 e. The Morgan fingerprint density at radius 1 is 0.130 bits per heavy atom. The van der Waals surface area contributed by atoms with Crippen LogP contribution in [0.15, 0.2) is 0 Å². The van der Waals surface area contributed by atoms with Gasteiger partial charge in [0.05, 0.1) is 0 Å². The van der Waals surface area contributed by atoms with E-state index in [1.165, 1.54) is 308 Å². The molecule has 0 saturated heterocycles. The summed E-state index contributed by atoms with van der Waals surface area (Å²) in [5.41, 5.74) is 0. The summed E-state index contributed by atoms with van der Waals surface area (Å²) in [6, 6.07) is 0. The number of rotatable bonds is 56. The Bertz CT molecular complexity index is 562. The van der Waals surface area contributed by atoms with Crippen LogP contribution in [0.5, 0.6) is 0 Å². The first-order chi connectivity index (χ1) is 33.7. The SMILES string of the molecule is CCCCCCCC[N-]CCCCCCCC.CCCCCCCC[N-]CCCCCCCC.CCCCCCCC[N-]CCCCCCCC.CCCCCCCC[N-]CCCCCCCC.[Hf+4]. The van der Waals surface area contributed by atoms with Gasteiger partial charge in [0.1, 0.15) is 0 Å². The van der Waals surface area contributed by atoms with Crippen molar-refractivity contribution in [3.63, 3.8) is 0 Å². The molecular formula is C64H136HfN4. The van der Waals surface area contributed by atoms with E-state index in [0.717, 1.165) is 52.4 Å². The van der Waals surface area contributed by atoms with E-state index in [0.29, 0.717) is 0 Å². The Hall–Kier alpha value is 0.710. The summed E-state index contributed by atoms with van der Waals surface area (Å²) < 4.78 is 0. The summed E-state index contributed by atoms with van der Waals surface area (Å²) in [5, 5.41) is 18.4. The average Bonchev–Trinajstić information content (AvgIpc) is 3.35. The van der Waals surface area contributed by atoms with Crippen molar-refractivity contribution in [1.82, 2.24) is 0 Å². The van der Waals surface area contributed by atoms with Gasteiger partial charge in [-0.15, -0.1) is 52.4 Å². The zero-order chi connectivity index (χ0) is 50.4. The van der Waals surface area contributed by atoms with Crippen LogP contribution in [-0.2, 0) is 25.8 Å². The molecule has 0 amide bonds. The zero-order valence-electron chi connectivity index (χ0n) is 49.9. The van der Waals surface area contributed by atoms with Crippen LogP contribution in [-0.4, -0.2) is 52.4 Å². The molecule has 0 aromatic heterocycles. The van der Waals surface area contributed by atoms with Crippen molar-refractivity contribution in [2.24, 2.45) is 0 Å². The molecule has 0 saturated carbocycles. The van der Waals surface area contributed by atoms with Crippen molar-refractivity contribution < 1.29 is 25.8 Å². The summed E-state index contributed by atoms with van der Waals surface area (Å²) in [6.07, 6.45) is 66.5. The quantitative estimate of drug-likeness (QED) is 0.0431. The van der Waals surface area contributed by atoms with E-state index in [2.05, 4.69) is 76.7 Å². The molecular weight excluding hydrogens is 1000 g/mol. The minimum atomic E-state index is 0. The number of hydrogen-bond donors (Lipinski definition) is 0. The molecule has 5 heteroatoms. The van der Waals surface area contributed by atoms with Crippen molar-refractivity contribution in [3.8, 4) is 0 Å². The third kappa shape index (κ3) is 95.1. The first-order valence-corrected chi connectivity index (χ1v) is 32.2. The fourth-order valence-corrected chi connectivity index (χ4v) is 8.48. The van der Waals surface area contributed by atoms with Gasteiger partial charge in [-0.25, -0.2) is 0 Å². The minimum Gasteiger partial charge on any atom is -0.662 e. The van der Waals surface area contributed by atoms with Crippen molar-refractivity contribution in [3.05, 3.63) is 21.3 Å². The molecule has 0 unspecified atom stereocenters. The van der Waals surface area contributed by atoms with E-state index in [-0.39, 0.29) is 25.8 Å². The first kappa shape index (κ1) is 78.6. The predicted molar refractivity (Wildman–Crippen MR) is 319 cm³/mol. The van der Waals surface area contributed by atoms with Crippen LogP contribution in [0.3, 0.4) is 0 Å². The molecule has 4 nitrogen and oxygen atoms in total. The van der Waals surface area contributed by atoms with Crippen LogP contribution < -0.4 is 0 Å². The molecule has 0 atom stereocenters. The molecule has 0 heterocycles. The second-order valence-corrected chi connectivity index (χ2v) is 20.8. The molecule has 0 aromatic rings. The van der Waals surface area contributed by atoms with Crippen LogP contribution >= 0.6 is 0 Å². The molecule has 0 spiro atoms. The standard InChI is InChI=1S/4C16H34N.Hf/c4*1-3-5-7-9-11-13-15-17-16-14-12-10-8-6-4-2;/h4*3-16H2,1-2H3;/q4*-1;+4. The first-order valence-electron chi connectivity index (χ1n) is 32.2. The van der Waals surface area contributed by atoms with E-state index in [9.17, 15) is 0 Å². The smallest absolute Gasteiger partial charge is 0.662 e. The fourth-order valence-electron chi connectivity index (χ4n) is 8.48. The van der Waals surface area contributed by atoms with Crippen molar-refractivity contribution >= 4 is 0 Å². The maximum atomic E-state index is 4.61. The Balaban J connectivity index is -0.000000263. The van der Waals surface area contributed by atoms with Gasteiger partial charge < -0.3 is 21.3 Å². The summed E-state index contributed by atoms with van der Waals surface area (Å²) in [4.78, 5) is 0. The van der Waals surface area contributed by atoms with Gasteiger partial charge in [-0.3, -0.25) is 0 Å². The predicted octanol–water partition coefficient (Wildman–Crippen LogP) is 24.3. The third-order valence-corrected chi connectivity index (χ3v) is 13.4. The molecule has 0 aliphatic heterocycles. The van der Waals surface area contributed by atoms with Gasteiger partial charge in [-0.05, 0) is 0 Å². The second-order valence-electron chi connectivity index (χ2n) is 20.8. The Morgan fingerprint density at radius 3 is 0.319 bits per heavy atom. The molecule has 0 fully saturated rings. The maximum absolute atomic E-state index is 4.61. The van der Waals surface area contributed by atoms with E-state index in [4.69, 9.17) is 0 Å². The van der Waals surface area contributed by atoms with Gasteiger partial charge in [0.25, 0.3) is 0 Å². The third-order valence-electron chi connectivity index (χ3n) is 13.4. The van der Waals surface area contributed by atoms with E-state index < -0.39 is 0 Å². The normalized spacial score (nSPS) is 10.8. The van der Waals surface area contributed by atoms with Crippen molar-refractivity contribution in [1.29, 1.82) is 0 Å². The molecule has 0 bridgehead atoms. The van der Waals surface area contributed by atoms with Crippen LogP contribution in [0.4, 0.5) is 0 Å². The van der Waals surface area contributed by atoms with Gasteiger partial charge in [0.15, 0.2) is 0 Å². The summed E-state index contributed by atoms with van der Waals surface area (Å²) >= 11 is 0. The molecule has 0 aliphatic carbocycles. The monoisotopic (exact) mass is 1140 g/mol. The minimum absolute atomic E-state index is 0. The van der Waals surface area contributed by atoms with Gasteiger partial charge in [-0.2, -0.15) is 0 Å². The summed E-state index contributed by atoms with van der Waals surface area (Å²) in [5.74, 6) is 0. The fraction of sp³-hybridized carbons (Fsp3) is 1.00. The largest absolute Gasteiger partial charge is 4.00 e. The average molecular weight is 1140 g/mol. The Morgan fingerprint density at radius 2 is 0.217 bits per heavy atom. The molecule has 0 rings (SSSR count). The Kier molecular flexibility index (Phi) is 97.4. The van der Waals surface area contributed by atoms with Crippen LogP contribution in [0.1, 0.15) is 364 Å². The summed E-state index contributed by atoms with van der Waals surface area (Å²) in [6.45, 7) is 27.1. The van der Waals surface area contributed by atoms with E-state index in [1.54, 1.807) is 0 Å². The van der Waals surface area contributed by atoms with Crippen molar-refractivity contribution in [2.45, 2.75) is 364 Å². The molecule has 0 aromatic carbocycles. The van der Waals surface area contributed by atoms with E-state index >= 15 is 0 Å². The van der Waals surface area contributed by atoms with Gasteiger partial charge >= 0.3 is 25.8 Å². The molecule has 0 N–H and O–H groups in total. The van der Waals surface area contributed by atoms with Crippen LogP contribution in [0.25, 0.3) is 21.3 Å². The van der Waals surface area contributed by atoms with Gasteiger partial charge in [0.2, 0.25) is 0 Å². The molecule has 416 valence electrons. The zero-order valence-corrected chi connectivity index (χ0v) is 53.5. The topological polar surface area (TPSA) is 56.4 Å². The number of hydrogen-bond acceptors (Lipinski definition) is 0. The number of unbranched alkanes of at least 4 members (excludes halogenated alkanes) is 40. The molecule has 0 aliphatic rings. The van der Waals surface area contributed by atoms with Gasteiger partial charge in [-0.1, -0.05) is 364 Å². The number of nitrogens with zero attached hydrogens (tertiary/aromatic N) is 4. The van der Waals surface area contributed by atoms with E-state index in [1.807, 2.05) is 0 Å². The second kappa shape index (κ2) is 85.5. The Labute approximate surface area is 460 Å². The van der Waals surface area contributed by atoms with Gasteiger partial charge in [0, 0.05) is 0 Å². The summed E-state index contributed by atoms with van der Waals surface area (Å²) in [7, 11) is 0.